The molecule has 1 saturated heterocycles. The first-order valence-electron chi connectivity index (χ1n) is 4.48. The average Bonchev–Trinajstić information content (AvgIpc) is 2.65. The number of ether oxygens (including phenoxy) is 1. The van der Waals surface area contributed by atoms with Crippen LogP contribution in [0.5, 0.6) is 0 Å². The van der Waals surface area contributed by atoms with Gasteiger partial charge in [-0.3, -0.25) is 4.79 Å². The molecule has 0 unspecified atom stereocenters. The molecule has 4 nitrogen and oxygen atoms in total. The van der Waals surface area contributed by atoms with Crippen LogP contribution in [0.2, 0.25) is 0 Å². The van der Waals surface area contributed by atoms with E-state index in [1.807, 2.05) is 0 Å². The summed E-state index contributed by atoms with van der Waals surface area (Å²) in [4.78, 5) is 16.5. The van der Waals surface area contributed by atoms with Crippen LogP contribution in [0.3, 0.4) is 0 Å². The Bertz CT molecular complexity index is 331. The van der Waals surface area contributed by atoms with Gasteiger partial charge >= 0.3 is 0 Å². The lowest BCUT2D eigenvalue weighted by atomic mass is 10.3. The van der Waals surface area contributed by atoms with Crippen LogP contribution in [0.4, 0.5) is 0 Å². The van der Waals surface area contributed by atoms with Crippen molar-refractivity contribution in [2.75, 3.05) is 26.3 Å². The Morgan fingerprint density at radius 2 is 2.21 bits per heavy atom. The Morgan fingerprint density at radius 3 is 2.79 bits per heavy atom. The third kappa shape index (κ3) is 1.99. The standard InChI is InChI=1S/C9H11BrN2O2/c10-7-5-8(11-6-7)9(13)12-1-3-14-4-2-12/h5-6,11H,1-4H2. The quantitative estimate of drug-likeness (QED) is 0.824. The zero-order valence-electron chi connectivity index (χ0n) is 7.62. The molecule has 2 rings (SSSR count). The normalized spacial score (nSPS) is 17.1. The van der Waals surface area contributed by atoms with Crippen molar-refractivity contribution in [3.8, 4) is 0 Å². The van der Waals surface area contributed by atoms with Crippen molar-refractivity contribution in [1.82, 2.24) is 9.88 Å². The molecule has 1 aliphatic rings. The van der Waals surface area contributed by atoms with E-state index in [0.29, 0.717) is 32.0 Å². The number of carbonyl (C=O) groups is 1. The van der Waals surface area contributed by atoms with E-state index < -0.39 is 0 Å². The lowest BCUT2D eigenvalue weighted by Gasteiger charge is -2.26. The molecule has 14 heavy (non-hydrogen) atoms. The van der Waals surface area contributed by atoms with Gasteiger partial charge in [-0.2, -0.15) is 0 Å². The van der Waals surface area contributed by atoms with Gasteiger partial charge < -0.3 is 14.6 Å². The minimum Gasteiger partial charge on any atom is -0.378 e. The van der Waals surface area contributed by atoms with Crippen molar-refractivity contribution in [3.05, 3.63) is 22.4 Å². The summed E-state index contributed by atoms with van der Waals surface area (Å²) in [6.45, 7) is 2.62. The smallest absolute Gasteiger partial charge is 0.270 e. The number of H-pyrrole nitrogens is 1. The van der Waals surface area contributed by atoms with Crippen molar-refractivity contribution < 1.29 is 9.53 Å². The van der Waals surface area contributed by atoms with E-state index in [9.17, 15) is 4.79 Å². The third-order valence-electron chi connectivity index (χ3n) is 2.18. The molecule has 1 aromatic rings. The van der Waals surface area contributed by atoms with Gasteiger partial charge in [-0.25, -0.2) is 0 Å². The zero-order chi connectivity index (χ0) is 9.97. The van der Waals surface area contributed by atoms with E-state index in [4.69, 9.17) is 4.74 Å². The van der Waals surface area contributed by atoms with Crippen LogP contribution in [0.25, 0.3) is 0 Å². The van der Waals surface area contributed by atoms with Crippen LogP contribution in [-0.4, -0.2) is 42.1 Å². The Hall–Kier alpha value is -0.810. The fourth-order valence-corrected chi connectivity index (χ4v) is 1.77. The van der Waals surface area contributed by atoms with Crippen LogP contribution in [0, 0.1) is 0 Å². The topological polar surface area (TPSA) is 45.3 Å². The van der Waals surface area contributed by atoms with Gasteiger partial charge in [0.25, 0.3) is 5.91 Å². The summed E-state index contributed by atoms with van der Waals surface area (Å²) in [5.74, 6) is 0.0407. The summed E-state index contributed by atoms with van der Waals surface area (Å²) < 4.78 is 6.07. The van der Waals surface area contributed by atoms with E-state index in [2.05, 4.69) is 20.9 Å². The largest absolute Gasteiger partial charge is 0.378 e. The van der Waals surface area contributed by atoms with Crippen molar-refractivity contribution in [2.24, 2.45) is 0 Å². The molecule has 2 heterocycles. The van der Waals surface area contributed by atoms with Gasteiger partial charge in [0.05, 0.1) is 13.2 Å². The van der Waals surface area contributed by atoms with Crippen LogP contribution >= 0.6 is 15.9 Å². The number of amides is 1. The average molecular weight is 259 g/mol. The molecule has 1 fully saturated rings. The zero-order valence-corrected chi connectivity index (χ0v) is 9.21. The maximum Gasteiger partial charge on any atom is 0.270 e. The number of hydrogen-bond acceptors (Lipinski definition) is 2. The molecule has 0 bridgehead atoms. The Balaban J connectivity index is 2.07. The summed E-state index contributed by atoms with van der Waals surface area (Å²) >= 11 is 3.30. The minimum atomic E-state index is 0.0407. The van der Waals surface area contributed by atoms with Crippen molar-refractivity contribution in [1.29, 1.82) is 0 Å². The summed E-state index contributed by atoms with van der Waals surface area (Å²) in [7, 11) is 0. The number of aromatic amines is 1. The molecule has 0 aromatic carbocycles. The first-order chi connectivity index (χ1) is 6.77. The molecule has 0 saturated carbocycles. The highest BCUT2D eigenvalue weighted by atomic mass is 79.9. The summed E-state index contributed by atoms with van der Waals surface area (Å²) in [6, 6.07) is 1.79. The molecule has 76 valence electrons. The molecule has 0 spiro atoms. The number of halogens is 1. The monoisotopic (exact) mass is 258 g/mol. The van der Waals surface area contributed by atoms with Crippen molar-refractivity contribution in [2.45, 2.75) is 0 Å². The van der Waals surface area contributed by atoms with Gasteiger partial charge in [-0.15, -0.1) is 0 Å². The molecule has 5 heteroatoms. The summed E-state index contributed by atoms with van der Waals surface area (Å²) in [5, 5.41) is 0. The minimum absolute atomic E-state index is 0.0407. The fourth-order valence-electron chi connectivity index (χ4n) is 1.43. The molecular weight excluding hydrogens is 248 g/mol. The van der Waals surface area contributed by atoms with Crippen LogP contribution in [0.15, 0.2) is 16.7 Å². The van der Waals surface area contributed by atoms with E-state index in [1.165, 1.54) is 0 Å². The molecule has 0 radical (unpaired) electrons. The Morgan fingerprint density at radius 1 is 1.50 bits per heavy atom. The van der Waals surface area contributed by atoms with Gasteiger partial charge in [0.2, 0.25) is 0 Å². The fraction of sp³-hybridized carbons (Fsp3) is 0.444. The summed E-state index contributed by atoms with van der Waals surface area (Å²) in [6.07, 6.45) is 1.76. The first-order valence-corrected chi connectivity index (χ1v) is 5.27. The number of aromatic nitrogens is 1. The highest BCUT2D eigenvalue weighted by molar-refractivity contribution is 9.10. The lowest BCUT2D eigenvalue weighted by Crippen LogP contribution is -2.40. The molecule has 1 N–H and O–H groups in total. The number of hydrogen-bond donors (Lipinski definition) is 1. The maximum atomic E-state index is 11.8. The van der Waals surface area contributed by atoms with E-state index in [1.54, 1.807) is 17.2 Å². The third-order valence-corrected chi connectivity index (χ3v) is 2.63. The summed E-state index contributed by atoms with van der Waals surface area (Å²) in [5.41, 5.74) is 0.624. The van der Waals surface area contributed by atoms with E-state index in [-0.39, 0.29) is 5.91 Å². The van der Waals surface area contributed by atoms with Gasteiger partial charge in [0.15, 0.2) is 0 Å². The molecule has 0 aliphatic carbocycles. The highest BCUT2D eigenvalue weighted by Gasteiger charge is 2.19. The molecule has 0 atom stereocenters. The van der Waals surface area contributed by atoms with Crippen LogP contribution in [0.1, 0.15) is 10.5 Å². The molecule has 1 aromatic heterocycles. The molecular formula is C9H11BrN2O2. The molecule has 1 aliphatic heterocycles. The Labute approximate surface area is 90.4 Å². The SMILES string of the molecule is O=C(c1cc(Br)c[nH]1)N1CCOCC1. The lowest BCUT2D eigenvalue weighted by molar-refractivity contribution is 0.0299. The predicted molar refractivity (Wildman–Crippen MR) is 55.2 cm³/mol. The predicted octanol–water partition coefficient (Wildman–Crippen LogP) is 1.25. The number of carbonyl (C=O) groups excluding carboxylic acids is 1. The van der Waals surface area contributed by atoms with Gasteiger partial charge in [0.1, 0.15) is 5.69 Å². The highest BCUT2D eigenvalue weighted by Crippen LogP contribution is 2.13. The second-order valence-electron chi connectivity index (χ2n) is 3.14. The van der Waals surface area contributed by atoms with E-state index in [0.717, 1.165) is 4.47 Å². The second kappa shape index (κ2) is 4.14. The van der Waals surface area contributed by atoms with Gasteiger partial charge in [-0.05, 0) is 22.0 Å². The van der Waals surface area contributed by atoms with Crippen molar-refractivity contribution >= 4 is 21.8 Å². The number of morpholine rings is 1. The number of rotatable bonds is 1. The van der Waals surface area contributed by atoms with Gasteiger partial charge in [0, 0.05) is 23.8 Å². The van der Waals surface area contributed by atoms with E-state index >= 15 is 0 Å². The first kappa shape index (κ1) is 9.73. The van der Waals surface area contributed by atoms with Gasteiger partial charge in [-0.1, -0.05) is 0 Å². The van der Waals surface area contributed by atoms with Crippen LogP contribution < -0.4 is 0 Å². The maximum absolute atomic E-state index is 11.8. The number of nitrogens with zero attached hydrogens (tertiary/aromatic N) is 1. The Kier molecular flexibility index (Phi) is 2.88. The number of nitrogens with one attached hydrogen (secondary N) is 1. The van der Waals surface area contributed by atoms with Crippen molar-refractivity contribution in [3.63, 3.8) is 0 Å². The van der Waals surface area contributed by atoms with Crippen LogP contribution in [-0.2, 0) is 4.74 Å². The second-order valence-corrected chi connectivity index (χ2v) is 4.05. The molecule has 1 amide bonds.